The molecular weight excluding hydrogens is 212 g/mol. The van der Waals surface area contributed by atoms with Crippen molar-refractivity contribution in [1.82, 2.24) is 10.6 Å². The molecule has 17 heavy (non-hydrogen) atoms. The monoisotopic (exact) mass is 236 g/mol. The summed E-state index contributed by atoms with van der Waals surface area (Å²) >= 11 is 0. The molecule has 1 saturated heterocycles. The van der Waals surface area contributed by atoms with E-state index in [0.717, 1.165) is 24.6 Å². The average molecular weight is 236 g/mol. The zero-order chi connectivity index (χ0) is 12.3. The Hall–Kier alpha value is -0.800. The van der Waals surface area contributed by atoms with Crippen LogP contribution in [-0.4, -0.2) is 19.1 Å². The molecule has 2 N–H and O–H groups in total. The first kappa shape index (κ1) is 12.7. The van der Waals surface area contributed by atoms with E-state index in [0.29, 0.717) is 12.1 Å². The molecule has 1 fully saturated rings. The van der Waals surface area contributed by atoms with Crippen LogP contribution in [0.25, 0.3) is 0 Å². The zero-order valence-corrected chi connectivity index (χ0v) is 11.2. The van der Waals surface area contributed by atoms with Crippen molar-refractivity contribution in [3.63, 3.8) is 0 Å². The third kappa shape index (κ3) is 3.33. The van der Waals surface area contributed by atoms with Gasteiger partial charge < -0.3 is 15.1 Å². The van der Waals surface area contributed by atoms with Crippen molar-refractivity contribution in [2.45, 2.75) is 52.1 Å². The van der Waals surface area contributed by atoms with Gasteiger partial charge in [0.2, 0.25) is 0 Å². The highest BCUT2D eigenvalue weighted by Gasteiger charge is 2.18. The van der Waals surface area contributed by atoms with Crippen LogP contribution in [0.5, 0.6) is 0 Å². The smallest absolute Gasteiger partial charge is 0.105 e. The third-order valence-corrected chi connectivity index (χ3v) is 3.61. The van der Waals surface area contributed by atoms with Gasteiger partial charge in [-0.1, -0.05) is 0 Å². The van der Waals surface area contributed by atoms with Gasteiger partial charge in [0.1, 0.15) is 11.5 Å². The molecule has 3 heteroatoms. The molecule has 0 aliphatic carbocycles. The van der Waals surface area contributed by atoms with Gasteiger partial charge in [-0.05, 0) is 59.2 Å². The SMILES string of the molecule is Cc1cc(C(C)NC2CCCNCC2)c(C)o1. The minimum atomic E-state index is 0.385. The number of nitrogens with one attached hydrogen (secondary N) is 2. The molecule has 2 atom stereocenters. The normalized spacial score (nSPS) is 23.4. The summed E-state index contributed by atoms with van der Waals surface area (Å²) < 4.78 is 5.60. The van der Waals surface area contributed by atoms with Crippen molar-refractivity contribution >= 4 is 0 Å². The second kappa shape index (κ2) is 5.69. The number of hydrogen-bond donors (Lipinski definition) is 2. The summed E-state index contributed by atoms with van der Waals surface area (Å²) in [5.41, 5.74) is 1.31. The van der Waals surface area contributed by atoms with Crippen LogP contribution in [-0.2, 0) is 0 Å². The van der Waals surface area contributed by atoms with Crippen molar-refractivity contribution < 1.29 is 4.42 Å². The zero-order valence-electron chi connectivity index (χ0n) is 11.2. The fourth-order valence-corrected chi connectivity index (χ4v) is 2.71. The predicted molar refractivity (Wildman–Crippen MR) is 70.2 cm³/mol. The Labute approximate surface area is 104 Å². The number of hydrogen-bond acceptors (Lipinski definition) is 3. The summed E-state index contributed by atoms with van der Waals surface area (Å²) in [4.78, 5) is 0. The van der Waals surface area contributed by atoms with Crippen molar-refractivity contribution in [2.75, 3.05) is 13.1 Å². The second-order valence-electron chi connectivity index (χ2n) is 5.13. The van der Waals surface area contributed by atoms with Gasteiger partial charge in [0.25, 0.3) is 0 Å². The number of aryl methyl sites for hydroxylation is 2. The van der Waals surface area contributed by atoms with E-state index in [9.17, 15) is 0 Å². The maximum Gasteiger partial charge on any atom is 0.105 e. The van der Waals surface area contributed by atoms with Crippen LogP contribution in [0.15, 0.2) is 10.5 Å². The van der Waals surface area contributed by atoms with Crippen molar-refractivity contribution in [3.8, 4) is 0 Å². The summed E-state index contributed by atoms with van der Waals surface area (Å²) in [6.07, 6.45) is 3.77. The van der Waals surface area contributed by atoms with Gasteiger partial charge in [0.15, 0.2) is 0 Å². The maximum absolute atomic E-state index is 5.60. The van der Waals surface area contributed by atoms with Gasteiger partial charge in [-0.2, -0.15) is 0 Å². The number of furan rings is 1. The van der Waals surface area contributed by atoms with Crippen LogP contribution in [0.3, 0.4) is 0 Å². The van der Waals surface area contributed by atoms with E-state index in [-0.39, 0.29) is 0 Å². The molecule has 0 radical (unpaired) electrons. The van der Waals surface area contributed by atoms with E-state index >= 15 is 0 Å². The van der Waals surface area contributed by atoms with Gasteiger partial charge in [0.05, 0.1) is 0 Å². The fraction of sp³-hybridized carbons (Fsp3) is 0.714. The van der Waals surface area contributed by atoms with Crippen LogP contribution in [0, 0.1) is 13.8 Å². The topological polar surface area (TPSA) is 37.2 Å². The maximum atomic E-state index is 5.60. The first-order valence-electron chi connectivity index (χ1n) is 6.70. The van der Waals surface area contributed by atoms with E-state index < -0.39 is 0 Å². The molecule has 1 aliphatic rings. The Bertz CT molecular complexity index is 351. The molecule has 0 amide bonds. The minimum absolute atomic E-state index is 0.385. The van der Waals surface area contributed by atoms with Gasteiger partial charge in [-0.3, -0.25) is 0 Å². The molecule has 0 bridgehead atoms. The van der Waals surface area contributed by atoms with Gasteiger partial charge in [-0.25, -0.2) is 0 Å². The molecule has 2 heterocycles. The van der Waals surface area contributed by atoms with Crippen molar-refractivity contribution in [3.05, 3.63) is 23.2 Å². The molecule has 96 valence electrons. The molecule has 1 aliphatic heterocycles. The highest BCUT2D eigenvalue weighted by Crippen LogP contribution is 2.22. The lowest BCUT2D eigenvalue weighted by molar-refractivity contribution is 0.415. The van der Waals surface area contributed by atoms with E-state index in [1.165, 1.54) is 24.8 Å². The Morgan fingerprint density at radius 1 is 1.35 bits per heavy atom. The third-order valence-electron chi connectivity index (χ3n) is 3.61. The summed E-state index contributed by atoms with van der Waals surface area (Å²) in [7, 11) is 0. The Balaban J connectivity index is 1.95. The molecule has 0 saturated carbocycles. The molecular formula is C14H24N2O. The summed E-state index contributed by atoms with van der Waals surface area (Å²) in [5.74, 6) is 2.06. The van der Waals surface area contributed by atoms with E-state index in [1.807, 2.05) is 6.92 Å². The molecule has 0 aromatic carbocycles. The lowest BCUT2D eigenvalue weighted by Crippen LogP contribution is -2.32. The molecule has 2 rings (SSSR count). The van der Waals surface area contributed by atoms with E-state index in [1.54, 1.807) is 0 Å². The summed E-state index contributed by atoms with van der Waals surface area (Å²) in [5, 5.41) is 7.18. The minimum Gasteiger partial charge on any atom is -0.466 e. The summed E-state index contributed by atoms with van der Waals surface area (Å²) in [6, 6.07) is 3.17. The Kier molecular flexibility index (Phi) is 4.24. The van der Waals surface area contributed by atoms with Crippen LogP contribution < -0.4 is 10.6 Å². The first-order valence-corrected chi connectivity index (χ1v) is 6.70. The van der Waals surface area contributed by atoms with Crippen molar-refractivity contribution in [2.24, 2.45) is 0 Å². The van der Waals surface area contributed by atoms with Crippen LogP contribution in [0.2, 0.25) is 0 Å². The summed E-state index contributed by atoms with van der Waals surface area (Å²) in [6.45, 7) is 8.59. The van der Waals surface area contributed by atoms with E-state index in [2.05, 4.69) is 30.5 Å². The molecule has 1 aromatic heterocycles. The average Bonchev–Trinajstić information content (AvgIpc) is 2.51. The fourth-order valence-electron chi connectivity index (χ4n) is 2.71. The molecule has 2 unspecified atom stereocenters. The lowest BCUT2D eigenvalue weighted by atomic mass is 10.0. The first-order chi connectivity index (χ1) is 8.16. The second-order valence-corrected chi connectivity index (χ2v) is 5.13. The lowest BCUT2D eigenvalue weighted by Gasteiger charge is -2.21. The van der Waals surface area contributed by atoms with Gasteiger partial charge in [-0.15, -0.1) is 0 Å². The van der Waals surface area contributed by atoms with Crippen LogP contribution in [0.4, 0.5) is 0 Å². The van der Waals surface area contributed by atoms with Gasteiger partial charge >= 0.3 is 0 Å². The number of rotatable bonds is 3. The van der Waals surface area contributed by atoms with Gasteiger partial charge in [0, 0.05) is 17.6 Å². The van der Waals surface area contributed by atoms with Crippen molar-refractivity contribution in [1.29, 1.82) is 0 Å². The van der Waals surface area contributed by atoms with Crippen LogP contribution >= 0.6 is 0 Å². The largest absolute Gasteiger partial charge is 0.466 e. The molecule has 3 nitrogen and oxygen atoms in total. The Morgan fingerprint density at radius 3 is 2.88 bits per heavy atom. The van der Waals surface area contributed by atoms with E-state index in [4.69, 9.17) is 4.42 Å². The van der Waals surface area contributed by atoms with Crippen LogP contribution in [0.1, 0.15) is 49.3 Å². The molecule has 1 aromatic rings. The predicted octanol–water partition coefficient (Wildman–Crippen LogP) is 2.69. The highest BCUT2D eigenvalue weighted by atomic mass is 16.3. The Morgan fingerprint density at radius 2 is 2.18 bits per heavy atom. The standard InChI is InChI=1S/C14H24N2O/c1-10-9-14(12(3)17-10)11(2)16-13-5-4-7-15-8-6-13/h9,11,13,15-16H,4-8H2,1-3H3. The highest BCUT2D eigenvalue weighted by molar-refractivity contribution is 5.23. The quantitative estimate of drug-likeness (QED) is 0.847. The molecule has 0 spiro atoms.